The predicted molar refractivity (Wildman–Crippen MR) is 104 cm³/mol. The molecule has 1 aromatic heterocycles. The van der Waals surface area contributed by atoms with Crippen LogP contribution < -0.4 is 0 Å². The molecule has 1 aliphatic carbocycles. The van der Waals surface area contributed by atoms with Gasteiger partial charge in [-0.25, -0.2) is 4.98 Å². The number of nitrogens with one attached hydrogen (secondary N) is 1. The highest BCUT2D eigenvalue weighted by atomic mass is 32.2. The van der Waals surface area contributed by atoms with E-state index in [1.807, 2.05) is 11.8 Å². The first-order valence-corrected chi connectivity index (χ1v) is 10.9. The lowest BCUT2D eigenvalue weighted by atomic mass is 9.77. The molecule has 8 nitrogen and oxygen atoms in total. The molecule has 4 rings (SSSR count). The maximum absolute atomic E-state index is 12.6. The Morgan fingerprint density at radius 1 is 1.22 bits per heavy atom. The Hall–Kier alpha value is -1.16. The number of likely N-dealkylation sites (N-methyl/N-ethyl adjacent to an activating group) is 1. The summed E-state index contributed by atoms with van der Waals surface area (Å²) in [6, 6.07) is 0.251. The van der Waals surface area contributed by atoms with Gasteiger partial charge in [0.1, 0.15) is 5.82 Å². The summed E-state index contributed by atoms with van der Waals surface area (Å²) in [5.74, 6) is 2.24. The molecule has 4 atom stereocenters. The average Bonchev–Trinajstić information content (AvgIpc) is 3.25. The first kappa shape index (κ1) is 19.2. The van der Waals surface area contributed by atoms with Crippen LogP contribution in [-0.4, -0.2) is 105 Å². The maximum atomic E-state index is 12.6. The molecule has 1 aromatic rings. The van der Waals surface area contributed by atoms with Gasteiger partial charge in [-0.05, 0) is 38.6 Å². The van der Waals surface area contributed by atoms with E-state index in [1.54, 1.807) is 0 Å². The standard InChI is InChI=1S/C18H30N6O2S/c1-12-19-18(21-20-12)27-11-17(26)24-9-13-7-15(16(25)8-14(13)10-24)23-5-3-22(2)4-6-23/h13-16,25H,3-11H2,1-2H3,(H,19,20,21)/t13-,14+,15-,16-/m1/s1. The predicted octanol–water partition coefficient (Wildman–Crippen LogP) is 0.0505. The number of aromatic nitrogens is 3. The number of aromatic amines is 1. The molecule has 3 fully saturated rings. The summed E-state index contributed by atoms with van der Waals surface area (Å²) >= 11 is 1.39. The Morgan fingerprint density at radius 2 is 1.93 bits per heavy atom. The second-order valence-corrected chi connectivity index (χ2v) is 9.20. The number of hydrogen-bond acceptors (Lipinski definition) is 7. The lowest BCUT2D eigenvalue weighted by Gasteiger charge is -2.44. The van der Waals surface area contributed by atoms with Crippen LogP contribution in [0.2, 0.25) is 0 Å². The van der Waals surface area contributed by atoms with Crippen LogP contribution in [0.4, 0.5) is 0 Å². The van der Waals surface area contributed by atoms with Gasteiger partial charge in [-0.15, -0.1) is 5.10 Å². The Morgan fingerprint density at radius 3 is 2.59 bits per heavy atom. The number of carbonyl (C=O) groups excluding carboxylic acids is 1. The van der Waals surface area contributed by atoms with Crippen LogP contribution >= 0.6 is 11.8 Å². The van der Waals surface area contributed by atoms with Crippen molar-refractivity contribution in [3.05, 3.63) is 5.82 Å². The van der Waals surface area contributed by atoms with Crippen molar-refractivity contribution < 1.29 is 9.90 Å². The summed E-state index contributed by atoms with van der Waals surface area (Å²) in [7, 11) is 2.16. The van der Waals surface area contributed by atoms with Crippen molar-refractivity contribution in [1.82, 2.24) is 29.9 Å². The van der Waals surface area contributed by atoms with E-state index in [-0.39, 0.29) is 18.1 Å². The second-order valence-electron chi connectivity index (χ2n) is 8.26. The zero-order chi connectivity index (χ0) is 19.0. The number of H-pyrrole nitrogens is 1. The summed E-state index contributed by atoms with van der Waals surface area (Å²) < 4.78 is 0. The highest BCUT2D eigenvalue weighted by molar-refractivity contribution is 7.99. The van der Waals surface area contributed by atoms with Gasteiger partial charge in [-0.1, -0.05) is 11.8 Å². The van der Waals surface area contributed by atoms with Crippen molar-refractivity contribution in [1.29, 1.82) is 0 Å². The van der Waals surface area contributed by atoms with Crippen LogP contribution in [-0.2, 0) is 4.79 Å². The normalized spacial score (nSPS) is 32.6. The number of aliphatic hydroxyl groups excluding tert-OH is 1. The third-order valence-electron chi connectivity index (χ3n) is 6.37. The van der Waals surface area contributed by atoms with Crippen molar-refractivity contribution in [3.63, 3.8) is 0 Å². The van der Waals surface area contributed by atoms with Crippen molar-refractivity contribution in [2.45, 2.75) is 37.1 Å². The van der Waals surface area contributed by atoms with E-state index >= 15 is 0 Å². The van der Waals surface area contributed by atoms with Gasteiger partial charge in [-0.3, -0.25) is 14.8 Å². The van der Waals surface area contributed by atoms with Crippen molar-refractivity contribution in [3.8, 4) is 0 Å². The van der Waals surface area contributed by atoms with Crippen molar-refractivity contribution in [2.75, 3.05) is 52.1 Å². The van der Waals surface area contributed by atoms with Crippen LogP contribution in [0, 0.1) is 18.8 Å². The number of rotatable bonds is 4. The zero-order valence-corrected chi connectivity index (χ0v) is 17.0. The number of likely N-dealkylation sites (tertiary alicyclic amines) is 1. The lowest BCUT2D eigenvalue weighted by molar-refractivity contribution is -0.127. The summed E-state index contributed by atoms with van der Waals surface area (Å²) in [4.78, 5) is 23.7. The molecule has 3 aliphatic rings. The molecule has 0 radical (unpaired) electrons. The minimum Gasteiger partial charge on any atom is -0.391 e. The fraction of sp³-hybridized carbons (Fsp3) is 0.833. The van der Waals surface area contributed by atoms with Crippen LogP contribution in [0.1, 0.15) is 18.7 Å². The minimum absolute atomic E-state index is 0.155. The van der Waals surface area contributed by atoms with E-state index in [1.165, 1.54) is 11.8 Å². The van der Waals surface area contributed by atoms with E-state index in [9.17, 15) is 9.90 Å². The molecule has 1 saturated carbocycles. The number of hydrogen-bond donors (Lipinski definition) is 2. The molecule has 150 valence electrons. The third-order valence-corrected chi connectivity index (χ3v) is 7.20. The van der Waals surface area contributed by atoms with Gasteiger partial charge in [0.25, 0.3) is 0 Å². The van der Waals surface area contributed by atoms with Gasteiger partial charge in [0.15, 0.2) is 0 Å². The van der Waals surface area contributed by atoms with Gasteiger partial charge >= 0.3 is 0 Å². The van der Waals surface area contributed by atoms with Crippen LogP contribution in [0.3, 0.4) is 0 Å². The number of nitrogens with zero attached hydrogens (tertiary/aromatic N) is 5. The summed E-state index contributed by atoms with van der Waals surface area (Å²) in [5.41, 5.74) is 0. The molecule has 1 amide bonds. The van der Waals surface area contributed by atoms with E-state index in [4.69, 9.17) is 0 Å². The molecule has 0 spiro atoms. The molecular formula is C18H30N6O2S. The highest BCUT2D eigenvalue weighted by Crippen LogP contribution is 2.38. The fourth-order valence-corrected chi connectivity index (χ4v) is 5.51. The first-order chi connectivity index (χ1) is 13.0. The lowest BCUT2D eigenvalue weighted by Crippen LogP contribution is -2.55. The molecule has 2 aliphatic heterocycles. The largest absolute Gasteiger partial charge is 0.391 e. The van der Waals surface area contributed by atoms with Crippen LogP contribution in [0.5, 0.6) is 0 Å². The number of aliphatic hydroxyl groups is 1. The highest BCUT2D eigenvalue weighted by Gasteiger charge is 2.44. The third kappa shape index (κ3) is 4.31. The minimum atomic E-state index is -0.268. The monoisotopic (exact) mass is 394 g/mol. The van der Waals surface area contributed by atoms with E-state index in [0.717, 1.165) is 57.9 Å². The number of amides is 1. The number of fused-ring (bicyclic) bond motifs is 1. The molecule has 3 heterocycles. The van der Waals surface area contributed by atoms with Crippen LogP contribution in [0.25, 0.3) is 0 Å². The van der Waals surface area contributed by atoms with Gasteiger partial charge in [0.2, 0.25) is 11.1 Å². The van der Waals surface area contributed by atoms with E-state index < -0.39 is 0 Å². The van der Waals surface area contributed by atoms with Gasteiger partial charge < -0.3 is 14.9 Å². The summed E-state index contributed by atoms with van der Waals surface area (Å²) in [5, 5.41) is 18.2. The fourth-order valence-electron chi connectivity index (χ4n) is 4.76. The number of piperazine rings is 1. The number of aryl methyl sites for hydroxylation is 1. The summed E-state index contributed by atoms with van der Waals surface area (Å²) in [6.45, 7) is 7.67. The van der Waals surface area contributed by atoms with Crippen molar-refractivity contribution >= 4 is 17.7 Å². The zero-order valence-electron chi connectivity index (χ0n) is 16.2. The molecule has 27 heavy (non-hydrogen) atoms. The molecular weight excluding hydrogens is 364 g/mol. The van der Waals surface area contributed by atoms with Gasteiger partial charge in [-0.2, -0.15) is 0 Å². The Labute approximate surface area is 164 Å². The van der Waals surface area contributed by atoms with E-state index in [2.05, 4.69) is 32.0 Å². The Balaban J connectivity index is 1.30. The Bertz CT molecular complexity index is 662. The quantitative estimate of drug-likeness (QED) is 0.698. The SMILES string of the molecule is Cc1nc(SCC(=O)N2C[C@H]3C[C@@H](N4CCN(C)CC4)[C@H](O)C[C@H]3C2)n[nH]1. The Kier molecular flexibility index (Phi) is 5.73. The molecule has 0 bridgehead atoms. The average molecular weight is 395 g/mol. The second kappa shape index (κ2) is 8.06. The van der Waals surface area contributed by atoms with Crippen molar-refractivity contribution in [2.24, 2.45) is 11.8 Å². The molecule has 2 N–H and O–H groups in total. The number of thioether (sulfide) groups is 1. The van der Waals surface area contributed by atoms with Gasteiger partial charge in [0.05, 0.1) is 11.9 Å². The molecule has 0 unspecified atom stereocenters. The smallest absolute Gasteiger partial charge is 0.233 e. The van der Waals surface area contributed by atoms with Crippen LogP contribution in [0.15, 0.2) is 5.16 Å². The topological polar surface area (TPSA) is 88.6 Å². The molecule has 9 heteroatoms. The maximum Gasteiger partial charge on any atom is 0.233 e. The van der Waals surface area contributed by atoms with Gasteiger partial charge in [0, 0.05) is 45.3 Å². The first-order valence-electron chi connectivity index (χ1n) is 9.90. The number of carbonyl (C=O) groups is 1. The molecule has 2 saturated heterocycles. The van der Waals surface area contributed by atoms with E-state index in [0.29, 0.717) is 22.7 Å². The molecule has 0 aromatic carbocycles. The summed E-state index contributed by atoms with van der Waals surface area (Å²) in [6.07, 6.45) is 1.56.